The highest BCUT2D eigenvalue weighted by Gasteiger charge is 2.22. The highest BCUT2D eigenvalue weighted by Crippen LogP contribution is 2.32. The van der Waals surface area contributed by atoms with Crippen LogP contribution in [0.2, 0.25) is 0 Å². The average molecular weight is 251 g/mol. The lowest BCUT2D eigenvalue weighted by molar-refractivity contribution is -0.282. The van der Waals surface area contributed by atoms with Crippen LogP contribution in [0.25, 0.3) is 11.0 Å². The van der Waals surface area contributed by atoms with Gasteiger partial charge in [-0.2, -0.15) is 0 Å². The first-order valence-electron chi connectivity index (χ1n) is 5.35. The molecular formula is C11H13N3O2S. The Morgan fingerprint density at radius 3 is 3.29 bits per heavy atom. The van der Waals surface area contributed by atoms with Crippen molar-refractivity contribution in [3.63, 3.8) is 0 Å². The molecule has 1 aromatic heterocycles. The molecule has 0 bridgehead atoms. The van der Waals surface area contributed by atoms with E-state index in [9.17, 15) is 0 Å². The zero-order valence-corrected chi connectivity index (χ0v) is 10.2. The van der Waals surface area contributed by atoms with E-state index in [1.165, 1.54) is 7.11 Å². The topological polar surface area (TPSA) is 62.3 Å². The maximum absolute atomic E-state index is 5.88. The first kappa shape index (κ1) is 11.0. The molecular weight excluding hydrogens is 238 g/mol. The molecule has 0 spiro atoms. The summed E-state index contributed by atoms with van der Waals surface area (Å²) in [6, 6.07) is 6.09. The summed E-state index contributed by atoms with van der Waals surface area (Å²) in [6.07, 6.45) is 0. The molecule has 1 aliphatic rings. The molecule has 1 aromatic carbocycles. The third-order valence-electron chi connectivity index (χ3n) is 2.74. The highest BCUT2D eigenvalue weighted by molar-refractivity contribution is 7.99. The van der Waals surface area contributed by atoms with E-state index in [1.54, 1.807) is 11.8 Å². The van der Waals surface area contributed by atoms with Crippen molar-refractivity contribution in [3.05, 3.63) is 23.8 Å². The van der Waals surface area contributed by atoms with Crippen molar-refractivity contribution in [2.75, 3.05) is 7.11 Å². The third kappa shape index (κ3) is 1.93. The van der Waals surface area contributed by atoms with Crippen molar-refractivity contribution in [2.24, 2.45) is 5.73 Å². The molecule has 0 fully saturated rings. The largest absolute Gasteiger partial charge is 0.317 e. The van der Waals surface area contributed by atoms with E-state index >= 15 is 0 Å². The van der Waals surface area contributed by atoms with Gasteiger partial charge in [0.15, 0.2) is 5.16 Å². The Morgan fingerprint density at radius 2 is 2.47 bits per heavy atom. The monoisotopic (exact) mass is 251 g/mol. The molecule has 0 amide bonds. The Kier molecular flexibility index (Phi) is 2.79. The number of nitrogens with zero attached hydrogens (tertiary/aromatic N) is 2. The zero-order chi connectivity index (χ0) is 11.8. The van der Waals surface area contributed by atoms with Gasteiger partial charge in [0.1, 0.15) is 6.61 Å². The lowest BCUT2D eigenvalue weighted by Gasteiger charge is -2.03. The lowest BCUT2D eigenvalue weighted by Crippen LogP contribution is -2.15. The summed E-state index contributed by atoms with van der Waals surface area (Å²) >= 11 is 1.61. The zero-order valence-electron chi connectivity index (χ0n) is 9.42. The predicted molar refractivity (Wildman–Crippen MR) is 65.4 cm³/mol. The van der Waals surface area contributed by atoms with Crippen LogP contribution in [-0.4, -0.2) is 22.0 Å². The molecule has 3 rings (SSSR count). The van der Waals surface area contributed by atoms with Gasteiger partial charge >= 0.3 is 0 Å². The molecule has 1 aliphatic heterocycles. The number of benzene rings is 1. The fourth-order valence-electron chi connectivity index (χ4n) is 1.99. The van der Waals surface area contributed by atoms with Crippen molar-refractivity contribution in [3.8, 4) is 0 Å². The van der Waals surface area contributed by atoms with Crippen LogP contribution in [0.1, 0.15) is 5.56 Å². The number of hydrogen-bond donors (Lipinski definition) is 1. The molecule has 0 saturated carbocycles. The van der Waals surface area contributed by atoms with Crippen LogP contribution in [0.5, 0.6) is 0 Å². The minimum absolute atomic E-state index is 0.124. The van der Waals surface area contributed by atoms with E-state index in [2.05, 4.69) is 20.5 Å². The van der Waals surface area contributed by atoms with E-state index in [1.807, 2.05) is 12.1 Å². The number of imidazole rings is 1. The number of aromatic nitrogens is 2. The van der Waals surface area contributed by atoms with E-state index < -0.39 is 0 Å². The van der Waals surface area contributed by atoms with Crippen molar-refractivity contribution in [2.45, 2.75) is 23.7 Å². The molecule has 2 aromatic rings. The van der Waals surface area contributed by atoms with Gasteiger partial charge < -0.3 is 10.3 Å². The SMILES string of the molecule is COOCc1ccc2c(c1)nc1n2CC(N)S1. The second-order valence-corrected chi connectivity index (χ2v) is 5.12. The number of fused-ring (bicyclic) bond motifs is 3. The van der Waals surface area contributed by atoms with Crippen LogP contribution < -0.4 is 5.73 Å². The molecule has 0 radical (unpaired) electrons. The summed E-state index contributed by atoms with van der Waals surface area (Å²) in [7, 11) is 1.50. The lowest BCUT2D eigenvalue weighted by atomic mass is 10.2. The maximum Gasteiger partial charge on any atom is 0.170 e. The highest BCUT2D eigenvalue weighted by atomic mass is 32.2. The summed E-state index contributed by atoms with van der Waals surface area (Å²) in [5.41, 5.74) is 9.04. The van der Waals surface area contributed by atoms with E-state index in [0.717, 1.165) is 28.3 Å². The van der Waals surface area contributed by atoms with Crippen LogP contribution in [0.4, 0.5) is 0 Å². The summed E-state index contributed by atoms with van der Waals surface area (Å²) < 4.78 is 2.16. The van der Waals surface area contributed by atoms with Gasteiger partial charge in [-0.25, -0.2) is 14.8 Å². The molecule has 0 aliphatic carbocycles. The first-order chi connectivity index (χ1) is 8.28. The number of rotatable bonds is 3. The molecule has 17 heavy (non-hydrogen) atoms. The second-order valence-electron chi connectivity index (χ2n) is 3.91. The summed E-state index contributed by atoms with van der Waals surface area (Å²) in [5, 5.41) is 1.12. The normalized spacial score (nSPS) is 18.8. The minimum atomic E-state index is 0.124. The van der Waals surface area contributed by atoms with E-state index in [-0.39, 0.29) is 5.37 Å². The van der Waals surface area contributed by atoms with Crippen molar-refractivity contribution in [1.82, 2.24) is 9.55 Å². The Labute approximate surface area is 103 Å². The van der Waals surface area contributed by atoms with Gasteiger partial charge in [-0.15, -0.1) is 0 Å². The number of thioether (sulfide) groups is 1. The maximum atomic E-state index is 5.88. The van der Waals surface area contributed by atoms with Crippen LogP contribution in [0.3, 0.4) is 0 Å². The summed E-state index contributed by atoms with van der Waals surface area (Å²) in [6.45, 7) is 1.26. The molecule has 90 valence electrons. The molecule has 0 saturated heterocycles. The molecule has 5 nitrogen and oxygen atoms in total. The molecule has 1 atom stereocenters. The third-order valence-corrected chi connectivity index (χ3v) is 3.71. The van der Waals surface area contributed by atoms with Crippen LogP contribution >= 0.6 is 11.8 Å². The fraction of sp³-hybridized carbons (Fsp3) is 0.364. The van der Waals surface area contributed by atoms with Crippen molar-refractivity contribution < 1.29 is 9.78 Å². The quantitative estimate of drug-likeness (QED) is 0.661. The Morgan fingerprint density at radius 1 is 1.59 bits per heavy atom. The summed E-state index contributed by atoms with van der Waals surface area (Å²) in [5.74, 6) is 0. The molecule has 2 N–H and O–H groups in total. The second kappa shape index (κ2) is 4.30. The van der Waals surface area contributed by atoms with Gasteiger partial charge in [-0.1, -0.05) is 17.8 Å². The first-order valence-corrected chi connectivity index (χ1v) is 6.23. The molecule has 2 heterocycles. The van der Waals surface area contributed by atoms with E-state index in [0.29, 0.717) is 6.61 Å². The Balaban J connectivity index is 1.97. The van der Waals surface area contributed by atoms with Crippen LogP contribution in [0.15, 0.2) is 23.4 Å². The van der Waals surface area contributed by atoms with Gasteiger partial charge in [-0.3, -0.25) is 0 Å². The van der Waals surface area contributed by atoms with E-state index in [4.69, 9.17) is 10.6 Å². The minimum Gasteiger partial charge on any atom is -0.317 e. The van der Waals surface area contributed by atoms with Crippen LogP contribution in [0, 0.1) is 0 Å². The predicted octanol–water partition coefficient (Wildman–Crippen LogP) is 1.50. The number of nitrogens with two attached hydrogens (primary N) is 1. The number of hydrogen-bond acceptors (Lipinski definition) is 5. The van der Waals surface area contributed by atoms with Gasteiger partial charge in [0.25, 0.3) is 0 Å². The fourth-order valence-corrected chi connectivity index (χ4v) is 2.93. The summed E-state index contributed by atoms with van der Waals surface area (Å²) in [4.78, 5) is 14.1. The van der Waals surface area contributed by atoms with Crippen LogP contribution in [-0.2, 0) is 22.9 Å². The van der Waals surface area contributed by atoms with Gasteiger partial charge in [0.05, 0.1) is 30.1 Å². The standard InChI is InChI=1S/C11H13N3O2S/c1-15-16-6-7-2-3-9-8(4-7)13-11-14(9)5-10(12)17-11/h2-4,10H,5-6,12H2,1H3. The molecule has 6 heteroatoms. The van der Waals surface area contributed by atoms with Gasteiger partial charge in [0, 0.05) is 0 Å². The molecule has 1 unspecified atom stereocenters. The Bertz CT molecular complexity index is 555. The Hall–Kier alpha value is -1.08. The average Bonchev–Trinajstić information content (AvgIpc) is 2.81. The van der Waals surface area contributed by atoms with Gasteiger partial charge in [0.2, 0.25) is 0 Å². The van der Waals surface area contributed by atoms with Gasteiger partial charge in [-0.05, 0) is 17.7 Å². The van der Waals surface area contributed by atoms with Crippen molar-refractivity contribution in [1.29, 1.82) is 0 Å². The smallest absolute Gasteiger partial charge is 0.170 e. The van der Waals surface area contributed by atoms with Crippen molar-refractivity contribution >= 4 is 22.8 Å².